The molecule has 152 valence electrons. The molecule has 9 heteroatoms. The minimum absolute atomic E-state index is 0.146. The quantitative estimate of drug-likeness (QED) is 0.269. The first-order chi connectivity index (χ1) is 13.2. The molecule has 1 atom stereocenters. The van der Waals surface area contributed by atoms with E-state index in [1.807, 2.05) is 6.07 Å². The van der Waals surface area contributed by atoms with Crippen molar-refractivity contribution in [3.63, 3.8) is 0 Å². The highest BCUT2D eigenvalue weighted by atomic mass is 127. The van der Waals surface area contributed by atoms with E-state index in [9.17, 15) is 14.4 Å². The molecular weight excluding hydrogens is 518 g/mol. The van der Waals surface area contributed by atoms with Crippen LogP contribution in [0.2, 0.25) is 10.0 Å². The van der Waals surface area contributed by atoms with Crippen LogP contribution in [0.4, 0.5) is 0 Å². The zero-order valence-corrected chi connectivity index (χ0v) is 19.2. The van der Waals surface area contributed by atoms with Crippen LogP contribution < -0.4 is 5.32 Å². The average Bonchev–Trinajstić information content (AvgIpc) is 2.70. The van der Waals surface area contributed by atoms with Crippen molar-refractivity contribution in [2.45, 2.75) is 25.8 Å². The first kappa shape index (κ1) is 23.0. The third kappa shape index (κ3) is 5.84. The van der Waals surface area contributed by atoms with E-state index in [4.69, 9.17) is 23.2 Å². The summed E-state index contributed by atoms with van der Waals surface area (Å²) in [6.07, 6.45) is 4.18. The minimum Gasteiger partial charge on any atom is -0.467 e. The van der Waals surface area contributed by atoms with Crippen LogP contribution in [0.15, 0.2) is 18.2 Å². The second kappa shape index (κ2) is 10.5. The minimum atomic E-state index is -0.689. The summed E-state index contributed by atoms with van der Waals surface area (Å²) in [5.41, 5.74) is 0.673. The van der Waals surface area contributed by atoms with Crippen LogP contribution in [0.3, 0.4) is 0 Å². The molecule has 0 aliphatic carbocycles. The SMILES string of the molecule is COC(=O)C(C)NC(=O)C1CCN(C(=O)C=Cc2ccc(I)c(Cl)c2Cl)CC1. The zero-order chi connectivity index (χ0) is 20.8. The molecule has 1 heterocycles. The van der Waals surface area contributed by atoms with Gasteiger partial charge in [-0.3, -0.25) is 9.59 Å². The number of nitrogens with one attached hydrogen (secondary N) is 1. The number of methoxy groups -OCH3 is 1. The monoisotopic (exact) mass is 538 g/mol. The van der Waals surface area contributed by atoms with Gasteiger partial charge in [-0.1, -0.05) is 29.3 Å². The van der Waals surface area contributed by atoms with Crippen molar-refractivity contribution in [1.29, 1.82) is 0 Å². The molecule has 1 aliphatic heterocycles. The van der Waals surface area contributed by atoms with Crippen LogP contribution >= 0.6 is 45.8 Å². The van der Waals surface area contributed by atoms with E-state index >= 15 is 0 Å². The molecule has 1 N–H and O–H groups in total. The Morgan fingerprint density at radius 1 is 1.25 bits per heavy atom. The molecule has 2 rings (SSSR count). The van der Waals surface area contributed by atoms with Gasteiger partial charge in [0.1, 0.15) is 6.04 Å². The molecule has 2 amide bonds. The van der Waals surface area contributed by atoms with E-state index in [1.165, 1.54) is 13.2 Å². The van der Waals surface area contributed by atoms with Gasteiger partial charge in [0, 0.05) is 28.7 Å². The largest absolute Gasteiger partial charge is 0.467 e. The Morgan fingerprint density at radius 2 is 1.89 bits per heavy atom. The van der Waals surface area contributed by atoms with Crippen LogP contribution in [0.25, 0.3) is 6.08 Å². The first-order valence-electron chi connectivity index (χ1n) is 8.73. The summed E-state index contributed by atoms with van der Waals surface area (Å²) >= 11 is 14.4. The van der Waals surface area contributed by atoms with Crippen LogP contribution in [0.5, 0.6) is 0 Å². The predicted molar refractivity (Wildman–Crippen MR) is 117 cm³/mol. The lowest BCUT2D eigenvalue weighted by molar-refractivity contribution is -0.145. The smallest absolute Gasteiger partial charge is 0.328 e. The third-order valence-electron chi connectivity index (χ3n) is 4.56. The number of piperidine rings is 1. The Labute approximate surface area is 187 Å². The summed E-state index contributed by atoms with van der Waals surface area (Å²) in [5.74, 6) is -1.06. The van der Waals surface area contributed by atoms with Gasteiger partial charge < -0.3 is 15.0 Å². The molecule has 1 aromatic rings. The lowest BCUT2D eigenvalue weighted by atomic mass is 9.95. The maximum absolute atomic E-state index is 12.4. The lowest BCUT2D eigenvalue weighted by Crippen LogP contribution is -2.46. The van der Waals surface area contributed by atoms with Crippen molar-refractivity contribution in [2.24, 2.45) is 5.92 Å². The van der Waals surface area contributed by atoms with Crippen LogP contribution in [0, 0.1) is 9.49 Å². The molecule has 6 nitrogen and oxygen atoms in total. The summed E-state index contributed by atoms with van der Waals surface area (Å²) in [6, 6.07) is 2.95. The van der Waals surface area contributed by atoms with Gasteiger partial charge in [-0.2, -0.15) is 0 Å². The fraction of sp³-hybridized carbons (Fsp3) is 0.421. The Morgan fingerprint density at radius 3 is 2.50 bits per heavy atom. The van der Waals surface area contributed by atoms with E-state index in [2.05, 4.69) is 32.6 Å². The van der Waals surface area contributed by atoms with Gasteiger partial charge >= 0.3 is 5.97 Å². The van der Waals surface area contributed by atoms with Gasteiger partial charge in [-0.05, 0) is 60.1 Å². The topological polar surface area (TPSA) is 75.7 Å². The highest BCUT2D eigenvalue weighted by molar-refractivity contribution is 14.1. The summed E-state index contributed by atoms with van der Waals surface area (Å²) < 4.78 is 5.44. The molecule has 28 heavy (non-hydrogen) atoms. The molecule has 0 saturated carbocycles. The number of likely N-dealkylation sites (tertiary alicyclic amines) is 1. The standard InChI is InChI=1S/C19H21Cl2IN2O4/c1-11(19(27)28-2)23-18(26)13-7-9-24(10-8-13)15(25)6-4-12-3-5-14(22)17(21)16(12)20/h3-6,11,13H,7-10H2,1-2H3,(H,23,26). The molecule has 1 unspecified atom stereocenters. The van der Waals surface area contributed by atoms with Crippen molar-refractivity contribution in [3.05, 3.63) is 37.4 Å². The normalized spacial score (nSPS) is 16.1. The molecule has 1 saturated heterocycles. The van der Waals surface area contributed by atoms with E-state index < -0.39 is 12.0 Å². The fourth-order valence-corrected chi connectivity index (χ4v) is 3.87. The first-order valence-corrected chi connectivity index (χ1v) is 10.6. The van der Waals surface area contributed by atoms with E-state index in [0.717, 1.165) is 3.57 Å². The molecular formula is C19H21Cl2IN2O4. The van der Waals surface area contributed by atoms with Gasteiger partial charge in [-0.15, -0.1) is 0 Å². The molecule has 1 aliphatic rings. The van der Waals surface area contributed by atoms with Gasteiger partial charge in [-0.25, -0.2) is 4.79 Å². The Balaban J connectivity index is 1.89. The average molecular weight is 539 g/mol. The number of carbonyl (C=O) groups is 3. The number of nitrogens with zero attached hydrogens (tertiary/aromatic N) is 1. The number of esters is 1. The molecule has 0 spiro atoms. The second-order valence-corrected chi connectivity index (χ2v) is 8.37. The third-order valence-corrected chi connectivity index (χ3v) is 6.68. The summed E-state index contributed by atoms with van der Waals surface area (Å²) in [5, 5.41) is 3.52. The number of hydrogen-bond donors (Lipinski definition) is 1. The maximum Gasteiger partial charge on any atom is 0.328 e. The van der Waals surface area contributed by atoms with E-state index in [-0.39, 0.29) is 17.7 Å². The zero-order valence-electron chi connectivity index (χ0n) is 15.5. The van der Waals surface area contributed by atoms with Crippen molar-refractivity contribution in [1.82, 2.24) is 10.2 Å². The predicted octanol–water partition coefficient (Wildman–Crippen LogP) is 3.53. The Kier molecular flexibility index (Phi) is 8.57. The highest BCUT2D eigenvalue weighted by Crippen LogP contribution is 2.31. The molecule has 0 aromatic heterocycles. The number of ether oxygens (including phenoxy) is 1. The lowest BCUT2D eigenvalue weighted by Gasteiger charge is -2.31. The molecule has 0 bridgehead atoms. The van der Waals surface area contributed by atoms with Crippen molar-refractivity contribution < 1.29 is 19.1 Å². The van der Waals surface area contributed by atoms with Crippen LogP contribution in [0.1, 0.15) is 25.3 Å². The van der Waals surface area contributed by atoms with Gasteiger partial charge in [0.15, 0.2) is 0 Å². The summed E-state index contributed by atoms with van der Waals surface area (Å²) in [7, 11) is 1.28. The van der Waals surface area contributed by atoms with Crippen molar-refractivity contribution in [2.75, 3.05) is 20.2 Å². The number of halogens is 3. The number of carbonyl (C=O) groups excluding carboxylic acids is 3. The summed E-state index contributed by atoms with van der Waals surface area (Å²) in [4.78, 5) is 37.8. The number of rotatable bonds is 5. The van der Waals surface area contributed by atoms with Gasteiger partial charge in [0.25, 0.3) is 0 Å². The van der Waals surface area contributed by atoms with Crippen molar-refractivity contribution in [3.8, 4) is 0 Å². The van der Waals surface area contributed by atoms with Gasteiger partial charge in [0.05, 0.1) is 17.2 Å². The molecule has 1 aromatic carbocycles. The maximum atomic E-state index is 12.4. The van der Waals surface area contributed by atoms with E-state index in [1.54, 1.807) is 24.0 Å². The Bertz CT molecular complexity index is 792. The van der Waals surface area contributed by atoms with Gasteiger partial charge in [0.2, 0.25) is 11.8 Å². The fourth-order valence-electron chi connectivity index (χ4n) is 2.87. The number of amides is 2. The van der Waals surface area contributed by atoms with E-state index in [0.29, 0.717) is 41.5 Å². The second-order valence-electron chi connectivity index (χ2n) is 6.45. The molecule has 1 fully saturated rings. The van der Waals surface area contributed by atoms with Crippen molar-refractivity contribution >= 4 is 69.7 Å². The number of benzene rings is 1. The summed E-state index contributed by atoms with van der Waals surface area (Å²) in [6.45, 7) is 2.51. The number of hydrogen-bond acceptors (Lipinski definition) is 4. The highest BCUT2D eigenvalue weighted by Gasteiger charge is 2.28. The van der Waals surface area contributed by atoms with Crippen LogP contribution in [-0.2, 0) is 19.1 Å². The molecule has 0 radical (unpaired) electrons. The van der Waals surface area contributed by atoms with Crippen LogP contribution in [-0.4, -0.2) is 48.9 Å². The Hall–Kier alpha value is -1.32.